The fourth-order valence-electron chi connectivity index (χ4n) is 10.4. The molecule has 0 saturated heterocycles. The first-order valence-corrected chi connectivity index (χ1v) is 33.1. The van der Waals surface area contributed by atoms with Crippen LogP contribution in [0.2, 0.25) is 0 Å². The maximum absolute atomic E-state index is 12.5. The molecule has 3 N–H and O–H groups in total. The zero-order valence-electron chi connectivity index (χ0n) is 49.4. The van der Waals surface area contributed by atoms with E-state index in [0.717, 1.165) is 44.9 Å². The highest BCUT2D eigenvalue weighted by Gasteiger charge is 2.20. The zero-order valence-corrected chi connectivity index (χ0v) is 49.4. The van der Waals surface area contributed by atoms with E-state index in [1.54, 1.807) is 0 Å². The Labute approximate surface area is 456 Å². The van der Waals surface area contributed by atoms with Gasteiger partial charge in [0.25, 0.3) is 0 Å². The molecular weight excluding hydrogens is 899 g/mol. The Hall–Kier alpha value is -1.66. The molecule has 0 aliphatic rings. The predicted octanol–water partition coefficient (Wildman–Crippen LogP) is 21.0. The molecule has 6 nitrogen and oxygen atoms in total. The molecule has 0 aromatic rings. The third kappa shape index (κ3) is 59.4. The van der Waals surface area contributed by atoms with Crippen molar-refractivity contribution in [3.63, 3.8) is 0 Å². The van der Waals surface area contributed by atoms with Crippen LogP contribution in [-0.4, -0.2) is 47.4 Å². The van der Waals surface area contributed by atoms with E-state index in [-0.39, 0.29) is 18.5 Å². The minimum absolute atomic E-state index is 0.00227. The molecule has 0 heterocycles. The number of rotatable bonds is 62. The predicted molar refractivity (Wildman–Crippen MR) is 320 cm³/mol. The highest BCUT2D eigenvalue weighted by atomic mass is 16.5. The molecule has 0 aliphatic carbocycles. The highest BCUT2D eigenvalue weighted by molar-refractivity contribution is 5.76. The Morgan fingerprint density at radius 1 is 0.370 bits per heavy atom. The van der Waals surface area contributed by atoms with Gasteiger partial charge in [-0.25, -0.2) is 0 Å². The van der Waals surface area contributed by atoms with Gasteiger partial charge in [-0.05, 0) is 77.0 Å². The number of esters is 1. The monoisotopic (exact) mass is 1030 g/mol. The van der Waals surface area contributed by atoms with Gasteiger partial charge in [0.1, 0.15) is 0 Å². The van der Waals surface area contributed by atoms with Crippen molar-refractivity contribution in [2.75, 3.05) is 13.2 Å². The molecular formula is C67H129NO5. The summed E-state index contributed by atoms with van der Waals surface area (Å²) in [5.74, 6) is -0.0421. The lowest BCUT2D eigenvalue weighted by atomic mass is 10.0. The second-order valence-corrected chi connectivity index (χ2v) is 22.8. The lowest BCUT2D eigenvalue weighted by Crippen LogP contribution is -2.45. The summed E-state index contributed by atoms with van der Waals surface area (Å²) in [5, 5.41) is 23.4. The molecule has 0 aromatic carbocycles. The van der Waals surface area contributed by atoms with Gasteiger partial charge in [0, 0.05) is 12.8 Å². The first-order valence-electron chi connectivity index (χ1n) is 33.1. The summed E-state index contributed by atoms with van der Waals surface area (Å²) in [4.78, 5) is 24.6. The van der Waals surface area contributed by atoms with Gasteiger partial charge in [-0.2, -0.15) is 0 Å². The summed E-state index contributed by atoms with van der Waals surface area (Å²) < 4.78 is 5.47. The summed E-state index contributed by atoms with van der Waals surface area (Å²) in [6.07, 6.45) is 77.7. The van der Waals surface area contributed by atoms with Gasteiger partial charge in [0.05, 0.1) is 25.4 Å². The Bertz CT molecular complexity index is 1140. The minimum Gasteiger partial charge on any atom is -0.466 e. The van der Waals surface area contributed by atoms with Crippen molar-refractivity contribution < 1.29 is 24.5 Å². The maximum Gasteiger partial charge on any atom is 0.305 e. The molecule has 2 atom stereocenters. The molecule has 432 valence electrons. The van der Waals surface area contributed by atoms with Crippen molar-refractivity contribution in [3.05, 3.63) is 24.3 Å². The van der Waals surface area contributed by atoms with Crippen LogP contribution in [0.3, 0.4) is 0 Å². The fourth-order valence-corrected chi connectivity index (χ4v) is 10.4. The van der Waals surface area contributed by atoms with Crippen LogP contribution in [0.15, 0.2) is 24.3 Å². The van der Waals surface area contributed by atoms with Gasteiger partial charge < -0.3 is 20.3 Å². The van der Waals surface area contributed by atoms with Gasteiger partial charge in [0.15, 0.2) is 0 Å². The average molecular weight is 1030 g/mol. The molecule has 0 rings (SSSR count). The topological polar surface area (TPSA) is 95.9 Å². The Morgan fingerprint density at radius 3 is 0.986 bits per heavy atom. The fraction of sp³-hybridized carbons (Fsp3) is 0.910. The number of hydrogen-bond donors (Lipinski definition) is 3. The van der Waals surface area contributed by atoms with Crippen LogP contribution in [-0.2, 0) is 14.3 Å². The number of nitrogens with one attached hydrogen (secondary N) is 1. The minimum atomic E-state index is -0.671. The summed E-state index contributed by atoms with van der Waals surface area (Å²) in [5.41, 5.74) is 0. The molecule has 1 amide bonds. The summed E-state index contributed by atoms with van der Waals surface area (Å²) >= 11 is 0. The van der Waals surface area contributed by atoms with E-state index in [1.165, 1.54) is 289 Å². The van der Waals surface area contributed by atoms with Crippen LogP contribution in [0.5, 0.6) is 0 Å². The highest BCUT2D eigenvalue weighted by Crippen LogP contribution is 2.18. The summed E-state index contributed by atoms with van der Waals surface area (Å²) in [7, 11) is 0. The first-order chi connectivity index (χ1) is 36.0. The van der Waals surface area contributed by atoms with Gasteiger partial charge in [-0.1, -0.05) is 301 Å². The number of aliphatic hydroxyl groups is 2. The van der Waals surface area contributed by atoms with Gasteiger partial charge in [-0.3, -0.25) is 9.59 Å². The molecule has 0 aromatic heterocycles. The molecule has 0 saturated carbocycles. The van der Waals surface area contributed by atoms with Crippen LogP contribution in [0.1, 0.15) is 367 Å². The molecule has 73 heavy (non-hydrogen) atoms. The maximum atomic E-state index is 12.5. The quantitative estimate of drug-likeness (QED) is 0.0320. The third-order valence-electron chi connectivity index (χ3n) is 15.5. The van der Waals surface area contributed by atoms with E-state index in [9.17, 15) is 19.8 Å². The van der Waals surface area contributed by atoms with Gasteiger partial charge in [0.2, 0.25) is 5.91 Å². The largest absolute Gasteiger partial charge is 0.466 e. The second kappa shape index (κ2) is 62.9. The van der Waals surface area contributed by atoms with Gasteiger partial charge in [-0.15, -0.1) is 0 Å². The van der Waals surface area contributed by atoms with Crippen molar-refractivity contribution in [3.8, 4) is 0 Å². The van der Waals surface area contributed by atoms with Gasteiger partial charge >= 0.3 is 5.97 Å². The molecule has 0 radical (unpaired) electrons. The Morgan fingerprint density at radius 2 is 0.644 bits per heavy atom. The van der Waals surface area contributed by atoms with E-state index < -0.39 is 12.1 Å². The standard InChI is InChI=1S/C67H129NO5/c1-3-5-7-9-11-13-15-17-18-19-20-21-22-23-26-29-32-36-39-43-47-51-55-59-65(70)64(63-69)68-66(71)60-56-52-48-44-40-37-33-30-27-24-25-28-31-34-38-42-46-50-54-58-62-73-67(72)61-57-53-49-45-41-35-16-14-12-10-8-6-4-2/h14,16,24,27,64-65,69-70H,3-13,15,17-23,25-26,28-63H2,1-2H3,(H,68,71)/b16-14-,27-24-. The van der Waals surface area contributed by atoms with Crippen LogP contribution >= 0.6 is 0 Å². The van der Waals surface area contributed by atoms with Crippen molar-refractivity contribution in [2.24, 2.45) is 0 Å². The van der Waals surface area contributed by atoms with E-state index in [1.807, 2.05) is 0 Å². The van der Waals surface area contributed by atoms with E-state index in [0.29, 0.717) is 25.9 Å². The SMILES string of the molecule is CCCCCC/C=C\CCCCCCCC(=O)OCCCCCCCCCCC/C=C\CCCCCCCCCC(=O)NC(CO)C(O)CCCCCCCCCCCCCCCCCCCCCCCCC. The average Bonchev–Trinajstić information content (AvgIpc) is 3.39. The number of carbonyl (C=O) groups is 2. The Kier molecular flexibility index (Phi) is 61.4. The smallest absolute Gasteiger partial charge is 0.305 e. The Balaban J connectivity index is 3.43. The van der Waals surface area contributed by atoms with Crippen molar-refractivity contribution in [1.29, 1.82) is 0 Å². The third-order valence-corrected chi connectivity index (χ3v) is 15.5. The van der Waals surface area contributed by atoms with Crippen LogP contribution in [0.4, 0.5) is 0 Å². The van der Waals surface area contributed by atoms with Crippen molar-refractivity contribution >= 4 is 11.9 Å². The van der Waals surface area contributed by atoms with Crippen molar-refractivity contribution in [1.82, 2.24) is 5.32 Å². The van der Waals surface area contributed by atoms with E-state index >= 15 is 0 Å². The normalized spacial score (nSPS) is 12.7. The van der Waals surface area contributed by atoms with Crippen LogP contribution < -0.4 is 5.32 Å². The number of hydrogen-bond acceptors (Lipinski definition) is 5. The van der Waals surface area contributed by atoms with Crippen LogP contribution in [0.25, 0.3) is 0 Å². The number of unbranched alkanes of at least 4 members (excludes halogenated alkanes) is 47. The zero-order chi connectivity index (χ0) is 52.9. The number of allylic oxidation sites excluding steroid dienone is 4. The lowest BCUT2D eigenvalue weighted by Gasteiger charge is -2.22. The molecule has 0 bridgehead atoms. The molecule has 0 aliphatic heterocycles. The van der Waals surface area contributed by atoms with Crippen LogP contribution in [0, 0.1) is 0 Å². The second-order valence-electron chi connectivity index (χ2n) is 22.8. The molecule has 2 unspecified atom stereocenters. The molecule has 0 fully saturated rings. The first kappa shape index (κ1) is 71.3. The molecule has 0 spiro atoms. The summed E-state index contributed by atoms with van der Waals surface area (Å²) in [6, 6.07) is -0.549. The number of aliphatic hydroxyl groups excluding tert-OH is 2. The number of carbonyl (C=O) groups excluding carboxylic acids is 2. The van der Waals surface area contributed by atoms with Crippen molar-refractivity contribution in [2.45, 2.75) is 379 Å². The van der Waals surface area contributed by atoms with E-state index in [4.69, 9.17) is 4.74 Å². The number of ether oxygens (including phenoxy) is 1. The lowest BCUT2D eigenvalue weighted by molar-refractivity contribution is -0.143. The summed E-state index contributed by atoms with van der Waals surface area (Å²) in [6.45, 7) is 4.95. The number of amides is 1. The molecule has 6 heteroatoms. The van der Waals surface area contributed by atoms with E-state index in [2.05, 4.69) is 43.5 Å².